The van der Waals surface area contributed by atoms with E-state index in [1.807, 2.05) is 123 Å². The van der Waals surface area contributed by atoms with E-state index in [1.54, 1.807) is 16.4 Å². The highest BCUT2D eigenvalue weighted by molar-refractivity contribution is 8.12. The maximum atomic E-state index is 14.6. The molecule has 0 spiro atoms. The number of hydrogen-bond donors (Lipinski definition) is 2. The van der Waals surface area contributed by atoms with E-state index in [2.05, 4.69) is 11.5 Å². The number of carbonyl (C=O) groups excluding carboxylic acids is 2. The molecule has 0 aliphatic rings. The Kier molecular flexibility index (Phi) is 11.9. The molecule has 0 aliphatic heterocycles. The Labute approximate surface area is 314 Å². The first-order valence-corrected chi connectivity index (χ1v) is 18.7. The van der Waals surface area contributed by atoms with Crippen molar-refractivity contribution in [3.63, 3.8) is 0 Å². The van der Waals surface area contributed by atoms with Gasteiger partial charge in [0.15, 0.2) is 0 Å². The van der Waals surface area contributed by atoms with Gasteiger partial charge in [0.05, 0.1) is 22.6 Å². The van der Waals surface area contributed by atoms with Crippen LogP contribution in [0, 0.1) is 6.92 Å². The van der Waals surface area contributed by atoms with Crippen LogP contribution >= 0.6 is 11.9 Å². The van der Waals surface area contributed by atoms with Gasteiger partial charge in [0.1, 0.15) is 5.82 Å². The lowest BCUT2D eigenvalue weighted by atomic mass is 9.98. The number of carboxylic acid groups (broad SMARTS) is 1. The molecule has 5 aromatic carbocycles. The zero-order valence-corrected chi connectivity index (χ0v) is 31.1. The number of imidazole rings is 1. The molecule has 9 heteroatoms. The van der Waals surface area contributed by atoms with E-state index in [0.717, 1.165) is 69.5 Å². The van der Waals surface area contributed by atoms with Gasteiger partial charge in [-0.15, -0.1) is 0 Å². The van der Waals surface area contributed by atoms with Gasteiger partial charge in [0, 0.05) is 36.5 Å². The standard InChI is InChI=1S/C44H44N4O4S/c1-4-13-40-46-41-29(2)24-35(27-39(41)47(40)28-33-20-22-34(23-21-33)36-18-11-12-19-37(36)43(50)51)42(49)48(30(3)25-31-14-7-5-8-15-31)53-44(52)38(45)26-32-16-9-6-10-17-32/h5-12,14-24,27,30,38H,4,13,25-26,28,45H2,1-3H3,(H,50,51). The molecule has 0 saturated heterocycles. The second-order valence-corrected chi connectivity index (χ2v) is 14.4. The monoisotopic (exact) mass is 724 g/mol. The number of aryl methyl sites for hydroxylation is 2. The van der Waals surface area contributed by atoms with Crippen LogP contribution in [0.3, 0.4) is 0 Å². The fraction of sp³-hybridized carbons (Fsp3) is 0.227. The van der Waals surface area contributed by atoms with E-state index in [9.17, 15) is 19.5 Å². The molecule has 6 aromatic rings. The number of aromatic carboxylic acids is 1. The second kappa shape index (κ2) is 16.9. The van der Waals surface area contributed by atoms with E-state index in [1.165, 1.54) is 0 Å². The minimum absolute atomic E-state index is 0.254. The normalized spacial score (nSPS) is 12.4. The number of amides is 1. The van der Waals surface area contributed by atoms with Gasteiger partial charge in [0.2, 0.25) is 5.12 Å². The van der Waals surface area contributed by atoms with Crippen molar-refractivity contribution in [3.05, 3.63) is 161 Å². The quantitative estimate of drug-likeness (QED) is 0.115. The van der Waals surface area contributed by atoms with E-state index in [0.29, 0.717) is 30.5 Å². The molecule has 0 radical (unpaired) electrons. The number of nitrogens with zero attached hydrogens (tertiary/aromatic N) is 3. The summed E-state index contributed by atoms with van der Waals surface area (Å²) in [6.07, 6.45) is 2.59. The summed E-state index contributed by atoms with van der Waals surface area (Å²) in [7, 11) is 0. The highest BCUT2D eigenvalue weighted by atomic mass is 32.2. The third-order valence-corrected chi connectivity index (χ3v) is 10.6. The average Bonchev–Trinajstić information content (AvgIpc) is 3.51. The lowest BCUT2D eigenvalue weighted by molar-refractivity contribution is -0.112. The summed E-state index contributed by atoms with van der Waals surface area (Å²) in [6.45, 7) is 6.55. The zero-order valence-electron chi connectivity index (χ0n) is 30.2. The van der Waals surface area contributed by atoms with Gasteiger partial charge in [0.25, 0.3) is 5.91 Å². The molecule has 0 fully saturated rings. The van der Waals surface area contributed by atoms with Crippen LogP contribution in [-0.2, 0) is 30.6 Å². The van der Waals surface area contributed by atoms with Crippen molar-refractivity contribution in [2.24, 2.45) is 5.73 Å². The smallest absolute Gasteiger partial charge is 0.336 e. The van der Waals surface area contributed by atoms with Crippen LogP contribution in [0.4, 0.5) is 0 Å². The molecular formula is C44H44N4O4S. The number of benzene rings is 5. The third kappa shape index (κ3) is 8.76. The lowest BCUT2D eigenvalue weighted by Gasteiger charge is -2.28. The van der Waals surface area contributed by atoms with Gasteiger partial charge in [-0.05, 0) is 84.7 Å². The Bertz CT molecular complexity index is 2220. The molecule has 270 valence electrons. The van der Waals surface area contributed by atoms with Crippen LogP contribution in [0.1, 0.15) is 69.1 Å². The summed E-state index contributed by atoms with van der Waals surface area (Å²) in [5.74, 6) is -0.318. The minimum Gasteiger partial charge on any atom is -0.478 e. The molecule has 2 unspecified atom stereocenters. The first-order valence-electron chi connectivity index (χ1n) is 17.9. The number of fused-ring (bicyclic) bond motifs is 1. The van der Waals surface area contributed by atoms with Crippen molar-refractivity contribution in [1.29, 1.82) is 0 Å². The van der Waals surface area contributed by atoms with Crippen molar-refractivity contribution < 1.29 is 19.5 Å². The summed E-state index contributed by atoms with van der Waals surface area (Å²) in [4.78, 5) is 45.1. The molecule has 1 amide bonds. The summed E-state index contributed by atoms with van der Waals surface area (Å²) < 4.78 is 3.75. The molecule has 0 bridgehead atoms. The lowest BCUT2D eigenvalue weighted by Crippen LogP contribution is -2.39. The maximum absolute atomic E-state index is 14.6. The molecule has 3 N–H and O–H groups in total. The van der Waals surface area contributed by atoms with Crippen LogP contribution in [0.2, 0.25) is 0 Å². The Morgan fingerprint density at radius 3 is 2.09 bits per heavy atom. The van der Waals surface area contributed by atoms with E-state index >= 15 is 0 Å². The molecular weight excluding hydrogens is 681 g/mol. The number of rotatable bonds is 13. The first kappa shape index (κ1) is 37.3. The van der Waals surface area contributed by atoms with Gasteiger partial charge >= 0.3 is 5.97 Å². The molecule has 1 heterocycles. The Morgan fingerprint density at radius 1 is 0.830 bits per heavy atom. The summed E-state index contributed by atoms with van der Waals surface area (Å²) in [6, 6.07) is 37.1. The number of hydrogen-bond acceptors (Lipinski definition) is 6. The highest BCUT2D eigenvalue weighted by Gasteiger charge is 2.29. The molecule has 0 saturated carbocycles. The van der Waals surface area contributed by atoms with Crippen molar-refractivity contribution in [3.8, 4) is 11.1 Å². The molecule has 53 heavy (non-hydrogen) atoms. The topological polar surface area (TPSA) is 119 Å². The Balaban J connectivity index is 1.33. The van der Waals surface area contributed by atoms with Gasteiger partial charge in [-0.3, -0.25) is 13.9 Å². The van der Waals surface area contributed by atoms with Gasteiger partial charge in [-0.1, -0.05) is 110 Å². The van der Waals surface area contributed by atoms with Crippen molar-refractivity contribution >= 4 is 40.0 Å². The third-order valence-electron chi connectivity index (χ3n) is 9.37. The fourth-order valence-corrected chi connectivity index (χ4v) is 7.52. The minimum atomic E-state index is -0.967. The second-order valence-electron chi connectivity index (χ2n) is 13.4. The molecule has 6 rings (SSSR count). The average molecular weight is 725 g/mol. The van der Waals surface area contributed by atoms with Crippen LogP contribution in [-0.4, -0.2) is 48.0 Å². The molecule has 0 aliphatic carbocycles. The summed E-state index contributed by atoms with van der Waals surface area (Å²) in [5.41, 5.74) is 14.2. The Hall–Kier alpha value is -5.51. The largest absolute Gasteiger partial charge is 0.478 e. The van der Waals surface area contributed by atoms with Gasteiger partial charge in [-0.25, -0.2) is 9.78 Å². The predicted molar refractivity (Wildman–Crippen MR) is 213 cm³/mol. The first-order chi connectivity index (χ1) is 25.6. The molecule has 8 nitrogen and oxygen atoms in total. The highest BCUT2D eigenvalue weighted by Crippen LogP contribution is 2.30. The Morgan fingerprint density at radius 2 is 1.45 bits per heavy atom. The zero-order chi connectivity index (χ0) is 37.5. The SMILES string of the molecule is CCCc1nc2c(C)cc(C(=O)N(SC(=O)C(N)Cc3ccccc3)C(C)Cc3ccccc3)cc2n1Cc1ccc(-c2ccccc2C(=O)O)cc1. The van der Waals surface area contributed by atoms with Crippen molar-refractivity contribution in [2.75, 3.05) is 0 Å². The van der Waals surface area contributed by atoms with Gasteiger partial charge in [-0.2, -0.15) is 0 Å². The number of aromatic nitrogens is 2. The molecule has 2 atom stereocenters. The van der Waals surface area contributed by atoms with Gasteiger partial charge < -0.3 is 15.4 Å². The van der Waals surface area contributed by atoms with E-state index < -0.39 is 12.0 Å². The summed E-state index contributed by atoms with van der Waals surface area (Å²) in [5, 5.41) is 9.44. The molecule has 1 aromatic heterocycles. The maximum Gasteiger partial charge on any atom is 0.336 e. The fourth-order valence-electron chi connectivity index (χ4n) is 6.66. The van der Waals surface area contributed by atoms with Crippen LogP contribution in [0.5, 0.6) is 0 Å². The number of nitrogens with two attached hydrogens (primary N) is 1. The van der Waals surface area contributed by atoms with Crippen molar-refractivity contribution in [2.45, 2.75) is 65.1 Å². The van der Waals surface area contributed by atoms with Crippen molar-refractivity contribution in [1.82, 2.24) is 13.9 Å². The number of carbonyl (C=O) groups is 3. The van der Waals surface area contributed by atoms with Crippen LogP contribution in [0.15, 0.2) is 121 Å². The predicted octanol–water partition coefficient (Wildman–Crippen LogP) is 8.53. The summed E-state index contributed by atoms with van der Waals surface area (Å²) >= 11 is 0.897. The van der Waals surface area contributed by atoms with Crippen LogP contribution in [0.25, 0.3) is 22.2 Å². The number of carboxylic acids is 1. The van der Waals surface area contributed by atoms with E-state index in [-0.39, 0.29) is 22.6 Å². The van der Waals surface area contributed by atoms with E-state index in [4.69, 9.17) is 10.7 Å². The van der Waals surface area contributed by atoms with Crippen LogP contribution < -0.4 is 5.73 Å².